The van der Waals surface area contributed by atoms with E-state index >= 15 is 0 Å². The Balaban J connectivity index is 1.90. The zero-order chi connectivity index (χ0) is 15.1. The van der Waals surface area contributed by atoms with Gasteiger partial charge in [-0.3, -0.25) is 9.80 Å². The Bertz CT molecular complexity index is 532. The van der Waals surface area contributed by atoms with Gasteiger partial charge >= 0.3 is 0 Å². The average Bonchev–Trinajstić information content (AvgIpc) is 2.54. The molecule has 1 aromatic rings. The molecule has 0 N–H and O–H groups in total. The van der Waals surface area contributed by atoms with Crippen LogP contribution >= 0.6 is 0 Å². The first-order valence-electron chi connectivity index (χ1n) is 7.62. The highest BCUT2D eigenvalue weighted by molar-refractivity contribution is 5.37. The quantitative estimate of drug-likeness (QED) is 0.832. The zero-order valence-corrected chi connectivity index (χ0v) is 12.6. The normalized spacial score (nSPS) is 17.9. The van der Waals surface area contributed by atoms with Gasteiger partial charge in [0.05, 0.1) is 23.7 Å². The van der Waals surface area contributed by atoms with Gasteiger partial charge in [0.15, 0.2) is 0 Å². The Morgan fingerprint density at radius 1 is 1.14 bits per heavy atom. The van der Waals surface area contributed by atoms with Gasteiger partial charge in [-0.15, -0.1) is 0 Å². The van der Waals surface area contributed by atoms with E-state index < -0.39 is 0 Å². The van der Waals surface area contributed by atoms with E-state index in [1.54, 1.807) is 0 Å². The predicted octanol–water partition coefficient (Wildman–Crippen LogP) is 2.37. The summed E-state index contributed by atoms with van der Waals surface area (Å²) >= 11 is 0. The van der Waals surface area contributed by atoms with Crippen LogP contribution in [-0.4, -0.2) is 42.0 Å². The van der Waals surface area contributed by atoms with Gasteiger partial charge in [0.1, 0.15) is 0 Å². The van der Waals surface area contributed by atoms with Crippen molar-refractivity contribution in [2.75, 3.05) is 26.2 Å². The zero-order valence-electron chi connectivity index (χ0n) is 12.6. The van der Waals surface area contributed by atoms with Crippen molar-refractivity contribution >= 4 is 0 Å². The standard InChI is InChI=1S/C17H22N4/c1-2-5-17(13-19)21-10-8-20(9-11-21)14-16-7-4-3-6-15(16)12-18/h3-4,6-7,17H,2,5,8-11,14H2,1H3. The first-order chi connectivity index (χ1) is 10.3. The molecule has 1 saturated heterocycles. The van der Waals surface area contributed by atoms with E-state index in [0.29, 0.717) is 0 Å². The highest BCUT2D eigenvalue weighted by Crippen LogP contribution is 2.15. The number of hydrogen-bond acceptors (Lipinski definition) is 4. The van der Waals surface area contributed by atoms with Crippen molar-refractivity contribution in [2.24, 2.45) is 0 Å². The summed E-state index contributed by atoms with van der Waals surface area (Å²) < 4.78 is 0. The smallest absolute Gasteiger partial charge is 0.0995 e. The second kappa shape index (κ2) is 7.78. The molecule has 1 aliphatic heterocycles. The highest BCUT2D eigenvalue weighted by Gasteiger charge is 2.23. The van der Waals surface area contributed by atoms with E-state index in [-0.39, 0.29) is 6.04 Å². The van der Waals surface area contributed by atoms with Crippen molar-refractivity contribution in [3.63, 3.8) is 0 Å². The van der Waals surface area contributed by atoms with Crippen LogP contribution in [-0.2, 0) is 6.54 Å². The Morgan fingerprint density at radius 2 is 1.86 bits per heavy atom. The fourth-order valence-corrected chi connectivity index (χ4v) is 2.84. The van der Waals surface area contributed by atoms with Crippen LogP contribution in [0, 0.1) is 22.7 Å². The number of nitriles is 2. The number of hydrogen-bond donors (Lipinski definition) is 0. The van der Waals surface area contributed by atoms with Crippen LogP contribution in [0.15, 0.2) is 24.3 Å². The largest absolute Gasteiger partial charge is 0.296 e. The lowest BCUT2D eigenvalue weighted by Crippen LogP contribution is -2.49. The molecule has 1 fully saturated rings. The van der Waals surface area contributed by atoms with Crippen molar-refractivity contribution < 1.29 is 0 Å². The molecule has 2 rings (SSSR count). The topological polar surface area (TPSA) is 54.1 Å². The Hall–Kier alpha value is -1.88. The SMILES string of the molecule is CCCC(C#N)N1CCN(Cc2ccccc2C#N)CC1. The van der Waals surface area contributed by atoms with Gasteiger partial charge in [0.2, 0.25) is 0 Å². The minimum Gasteiger partial charge on any atom is -0.296 e. The molecule has 1 atom stereocenters. The van der Waals surface area contributed by atoms with Gasteiger partial charge in [-0.05, 0) is 18.1 Å². The summed E-state index contributed by atoms with van der Waals surface area (Å²) in [5.41, 5.74) is 1.86. The van der Waals surface area contributed by atoms with E-state index in [1.165, 1.54) is 0 Å². The Morgan fingerprint density at radius 3 is 2.48 bits per heavy atom. The van der Waals surface area contributed by atoms with Crippen molar-refractivity contribution in [3.8, 4) is 12.1 Å². The second-order valence-corrected chi connectivity index (χ2v) is 5.51. The van der Waals surface area contributed by atoms with E-state index in [2.05, 4.69) is 28.9 Å². The van der Waals surface area contributed by atoms with Gasteiger partial charge in [0.25, 0.3) is 0 Å². The minimum atomic E-state index is 0.0588. The van der Waals surface area contributed by atoms with Crippen molar-refractivity contribution in [2.45, 2.75) is 32.4 Å². The molecule has 0 amide bonds. The summed E-state index contributed by atoms with van der Waals surface area (Å²) in [5, 5.41) is 18.4. The fourth-order valence-electron chi connectivity index (χ4n) is 2.84. The van der Waals surface area contributed by atoms with Crippen molar-refractivity contribution in [1.29, 1.82) is 10.5 Å². The van der Waals surface area contributed by atoms with Gasteiger partial charge in [-0.2, -0.15) is 10.5 Å². The van der Waals surface area contributed by atoms with Gasteiger partial charge in [-0.1, -0.05) is 31.5 Å². The minimum absolute atomic E-state index is 0.0588. The number of rotatable bonds is 5. The second-order valence-electron chi connectivity index (χ2n) is 5.51. The maximum absolute atomic E-state index is 9.24. The van der Waals surface area contributed by atoms with Gasteiger partial charge in [0, 0.05) is 32.7 Å². The maximum Gasteiger partial charge on any atom is 0.0995 e. The molecule has 1 aliphatic rings. The van der Waals surface area contributed by atoms with Crippen LogP contribution < -0.4 is 0 Å². The average molecular weight is 282 g/mol. The lowest BCUT2D eigenvalue weighted by molar-refractivity contribution is 0.106. The number of benzene rings is 1. The van der Waals surface area contributed by atoms with Crippen LogP contribution in [0.2, 0.25) is 0 Å². The van der Waals surface area contributed by atoms with E-state index in [9.17, 15) is 5.26 Å². The number of piperazine rings is 1. The van der Waals surface area contributed by atoms with Crippen LogP contribution in [0.4, 0.5) is 0 Å². The predicted molar refractivity (Wildman–Crippen MR) is 82.3 cm³/mol. The molecule has 4 heteroatoms. The fraction of sp³-hybridized carbons (Fsp3) is 0.529. The highest BCUT2D eigenvalue weighted by atomic mass is 15.3. The lowest BCUT2D eigenvalue weighted by atomic mass is 10.1. The summed E-state index contributed by atoms with van der Waals surface area (Å²) in [6.07, 6.45) is 2.00. The summed E-state index contributed by atoms with van der Waals surface area (Å²) in [6, 6.07) is 12.5. The molecule has 0 aliphatic carbocycles. The van der Waals surface area contributed by atoms with Crippen molar-refractivity contribution in [1.82, 2.24) is 9.80 Å². The third-order valence-corrected chi connectivity index (χ3v) is 4.09. The van der Waals surface area contributed by atoms with Crippen LogP contribution in [0.5, 0.6) is 0 Å². The molecule has 0 bridgehead atoms. The van der Waals surface area contributed by atoms with E-state index in [0.717, 1.165) is 56.7 Å². The van der Waals surface area contributed by atoms with E-state index in [1.807, 2.05) is 24.3 Å². The Labute approximate surface area is 127 Å². The Kier molecular flexibility index (Phi) is 5.75. The molecule has 1 aromatic carbocycles. The molecule has 1 heterocycles. The summed E-state index contributed by atoms with van der Waals surface area (Å²) in [4.78, 5) is 4.66. The molecule has 0 radical (unpaired) electrons. The molecular formula is C17H22N4. The first kappa shape index (κ1) is 15.5. The first-order valence-corrected chi connectivity index (χ1v) is 7.62. The molecule has 21 heavy (non-hydrogen) atoms. The molecular weight excluding hydrogens is 260 g/mol. The molecule has 0 aromatic heterocycles. The molecule has 110 valence electrons. The van der Waals surface area contributed by atoms with Gasteiger partial charge < -0.3 is 0 Å². The lowest BCUT2D eigenvalue weighted by Gasteiger charge is -2.37. The number of nitrogens with zero attached hydrogens (tertiary/aromatic N) is 4. The monoisotopic (exact) mass is 282 g/mol. The molecule has 0 spiro atoms. The summed E-state index contributed by atoms with van der Waals surface area (Å²) in [7, 11) is 0. The van der Waals surface area contributed by atoms with Crippen LogP contribution in [0.25, 0.3) is 0 Å². The summed E-state index contributed by atoms with van der Waals surface area (Å²) in [5.74, 6) is 0. The molecule has 0 saturated carbocycles. The van der Waals surface area contributed by atoms with Crippen LogP contribution in [0.3, 0.4) is 0 Å². The van der Waals surface area contributed by atoms with Gasteiger partial charge in [-0.25, -0.2) is 0 Å². The van der Waals surface area contributed by atoms with Crippen LogP contribution in [0.1, 0.15) is 30.9 Å². The molecule has 1 unspecified atom stereocenters. The van der Waals surface area contributed by atoms with E-state index in [4.69, 9.17) is 5.26 Å². The third-order valence-electron chi connectivity index (χ3n) is 4.09. The molecule has 4 nitrogen and oxygen atoms in total. The third kappa shape index (κ3) is 4.04. The summed E-state index contributed by atoms with van der Waals surface area (Å²) in [6.45, 7) is 6.74. The maximum atomic E-state index is 9.24. The van der Waals surface area contributed by atoms with Crippen molar-refractivity contribution in [3.05, 3.63) is 35.4 Å².